The predicted molar refractivity (Wildman–Crippen MR) is 79.7 cm³/mol. The van der Waals surface area contributed by atoms with E-state index in [4.69, 9.17) is 4.74 Å². The Morgan fingerprint density at radius 2 is 2.16 bits per heavy atom. The van der Waals surface area contributed by atoms with Gasteiger partial charge in [-0.1, -0.05) is 35.7 Å². The molecule has 1 saturated carbocycles. The van der Waals surface area contributed by atoms with Gasteiger partial charge in [-0.3, -0.25) is 4.79 Å². The normalized spacial score (nSPS) is 15.5. The first kappa shape index (κ1) is 14.4. The van der Waals surface area contributed by atoms with Crippen LogP contribution in [0.15, 0.2) is 22.7 Å². The van der Waals surface area contributed by atoms with Crippen LogP contribution in [-0.4, -0.2) is 18.6 Å². The van der Waals surface area contributed by atoms with E-state index in [9.17, 15) is 4.79 Å². The maximum Gasteiger partial charge on any atom is 0.255 e. The van der Waals surface area contributed by atoms with Crippen molar-refractivity contribution in [1.82, 2.24) is 5.32 Å². The minimum atomic E-state index is -0.0284. The van der Waals surface area contributed by atoms with Gasteiger partial charge in [0.05, 0.1) is 12.2 Å². The first-order valence-electron chi connectivity index (χ1n) is 6.94. The number of rotatable bonds is 5. The molecule has 0 unspecified atom stereocenters. The molecule has 3 nitrogen and oxygen atoms in total. The van der Waals surface area contributed by atoms with E-state index in [1.165, 1.54) is 12.8 Å². The summed E-state index contributed by atoms with van der Waals surface area (Å²) in [4.78, 5) is 12.3. The van der Waals surface area contributed by atoms with Gasteiger partial charge in [-0.15, -0.1) is 0 Å². The first-order valence-corrected chi connectivity index (χ1v) is 7.73. The Morgan fingerprint density at radius 1 is 1.42 bits per heavy atom. The number of hydrogen-bond acceptors (Lipinski definition) is 2. The Hall–Kier alpha value is -1.03. The lowest BCUT2D eigenvalue weighted by Crippen LogP contribution is -2.32. The zero-order valence-corrected chi connectivity index (χ0v) is 12.8. The molecule has 1 aromatic rings. The summed E-state index contributed by atoms with van der Waals surface area (Å²) in [6.45, 7) is 2.68. The van der Waals surface area contributed by atoms with Gasteiger partial charge in [0, 0.05) is 10.5 Å². The molecule has 2 rings (SSSR count). The van der Waals surface area contributed by atoms with Crippen LogP contribution >= 0.6 is 15.9 Å². The van der Waals surface area contributed by atoms with Crippen LogP contribution in [0.3, 0.4) is 0 Å². The summed E-state index contributed by atoms with van der Waals surface area (Å²) in [6, 6.07) is 5.90. The highest BCUT2D eigenvalue weighted by atomic mass is 79.9. The van der Waals surface area contributed by atoms with Crippen LogP contribution in [0.4, 0.5) is 0 Å². The van der Waals surface area contributed by atoms with E-state index >= 15 is 0 Å². The molecule has 1 aliphatic rings. The quantitative estimate of drug-likeness (QED) is 0.891. The number of carbonyl (C=O) groups is 1. The average Bonchev–Trinajstić information content (AvgIpc) is 2.90. The Bertz CT molecular complexity index is 442. The number of carbonyl (C=O) groups excluding carboxylic acids is 1. The smallest absolute Gasteiger partial charge is 0.255 e. The van der Waals surface area contributed by atoms with Crippen molar-refractivity contribution in [3.63, 3.8) is 0 Å². The van der Waals surface area contributed by atoms with Crippen molar-refractivity contribution >= 4 is 21.8 Å². The van der Waals surface area contributed by atoms with Gasteiger partial charge in [0.25, 0.3) is 5.91 Å². The molecule has 0 atom stereocenters. The number of amides is 1. The van der Waals surface area contributed by atoms with Crippen molar-refractivity contribution in [2.45, 2.75) is 45.1 Å². The molecule has 4 heteroatoms. The minimum Gasteiger partial charge on any atom is -0.493 e. The highest BCUT2D eigenvalue weighted by Crippen LogP contribution is 2.25. The fraction of sp³-hybridized carbons (Fsp3) is 0.533. The van der Waals surface area contributed by atoms with Crippen molar-refractivity contribution in [3.05, 3.63) is 28.2 Å². The molecular formula is C15H20BrNO2. The molecule has 104 valence electrons. The molecule has 0 aromatic heterocycles. The number of ether oxygens (including phenoxy) is 1. The molecule has 19 heavy (non-hydrogen) atoms. The van der Waals surface area contributed by atoms with E-state index in [-0.39, 0.29) is 5.91 Å². The van der Waals surface area contributed by atoms with Crippen LogP contribution in [0, 0.1) is 0 Å². The summed E-state index contributed by atoms with van der Waals surface area (Å²) in [5.74, 6) is 0.639. The topological polar surface area (TPSA) is 38.3 Å². The van der Waals surface area contributed by atoms with Gasteiger partial charge in [-0.05, 0) is 37.5 Å². The summed E-state index contributed by atoms with van der Waals surface area (Å²) in [5, 5.41) is 3.10. The van der Waals surface area contributed by atoms with Gasteiger partial charge < -0.3 is 10.1 Å². The molecule has 0 radical (unpaired) electrons. The van der Waals surface area contributed by atoms with Crippen LogP contribution in [-0.2, 0) is 0 Å². The van der Waals surface area contributed by atoms with Gasteiger partial charge in [0.15, 0.2) is 0 Å². The molecule has 1 N–H and O–H groups in total. The fourth-order valence-electron chi connectivity index (χ4n) is 2.35. The third-order valence-corrected chi connectivity index (χ3v) is 3.83. The monoisotopic (exact) mass is 325 g/mol. The number of benzene rings is 1. The SMILES string of the molecule is CCCOc1ccc(Br)cc1C(=O)NC1CCCC1. The zero-order chi connectivity index (χ0) is 13.7. The molecule has 0 saturated heterocycles. The molecule has 1 fully saturated rings. The lowest BCUT2D eigenvalue weighted by atomic mass is 10.1. The van der Waals surface area contributed by atoms with Crippen LogP contribution in [0.25, 0.3) is 0 Å². The first-order chi connectivity index (χ1) is 9.20. The van der Waals surface area contributed by atoms with E-state index in [2.05, 4.69) is 28.2 Å². The van der Waals surface area contributed by atoms with Gasteiger partial charge in [0.2, 0.25) is 0 Å². The van der Waals surface area contributed by atoms with Crippen LogP contribution in [0.5, 0.6) is 5.75 Å². The molecule has 0 bridgehead atoms. The lowest BCUT2D eigenvalue weighted by Gasteiger charge is -2.15. The van der Waals surface area contributed by atoms with E-state index < -0.39 is 0 Å². The summed E-state index contributed by atoms with van der Waals surface area (Å²) < 4.78 is 6.54. The summed E-state index contributed by atoms with van der Waals surface area (Å²) in [6.07, 6.45) is 5.53. The van der Waals surface area contributed by atoms with Crippen LogP contribution in [0.2, 0.25) is 0 Å². The van der Waals surface area contributed by atoms with Crippen molar-refractivity contribution in [2.24, 2.45) is 0 Å². The minimum absolute atomic E-state index is 0.0284. The van der Waals surface area contributed by atoms with Gasteiger partial charge in [-0.25, -0.2) is 0 Å². The van der Waals surface area contributed by atoms with Crippen molar-refractivity contribution < 1.29 is 9.53 Å². The van der Waals surface area contributed by atoms with Crippen LogP contribution in [0.1, 0.15) is 49.4 Å². The maximum atomic E-state index is 12.3. The average molecular weight is 326 g/mol. The van der Waals surface area contributed by atoms with Crippen molar-refractivity contribution in [2.75, 3.05) is 6.61 Å². The van der Waals surface area contributed by atoms with Crippen molar-refractivity contribution in [3.8, 4) is 5.75 Å². The number of hydrogen-bond donors (Lipinski definition) is 1. The molecule has 1 amide bonds. The second-order valence-electron chi connectivity index (χ2n) is 4.94. The largest absolute Gasteiger partial charge is 0.493 e. The van der Waals surface area contributed by atoms with Crippen molar-refractivity contribution in [1.29, 1.82) is 0 Å². The Kier molecular flexibility index (Phi) is 5.25. The predicted octanol–water partition coefficient (Wildman–Crippen LogP) is 3.91. The fourth-order valence-corrected chi connectivity index (χ4v) is 2.71. The Morgan fingerprint density at radius 3 is 2.84 bits per heavy atom. The molecular weight excluding hydrogens is 306 g/mol. The highest BCUT2D eigenvalue weighted by molar-refractivity contribution is 9.10. The maximum absolute atomic E-state index is 12.3. The molecule has 0 heterocycles. The van der Waals surface area contributed by atoms with Gasteiger partial charge >= 0.3 is 0 Å². The number of halogens is 1. The summed E-state index contributed by atoms with van der Waals surface area (Å²) in [7, 11) is 0. The lowest BCUT2D eigenvalue weighted by molar-refractivity contribution is 0.0933. The molecule has 1 aliphatic carbocycles. The highest BCUT2D eigenvalue weighted by Gasteiger charge is 2.20. The summed E-state index contributed by atoms with van der Waals surface area (Å²) >= 11 is 3.41. The van der Waals surface area contributed by atoms with Gasteiger partial charge in [0.1, 0.15) is 5.75 Å². The summed E-state index contributed by atoms with van der Waals surface area (Å²) in [5.41, 5.74) is 0.620. The Labute approximate surface area is 122 Å². The number of nitrogens with one attached hydrogen (secondary N) is 1. The Balaban J connectivity index is 2.11. The zero-order valence-electron chi connectivity index (χ0n) is 11.2. The standard InChI is InChI=1S/C15H20BrNO2/c1-2-9-19-14-8-7-11(16)10-13(14)15(18)17-12-5-3-4-6-12/h7-8,10,12H,2-6,9H2,1H3,(H,17,18). The third kappa shape index (κ3) is 3.96. The molecule has 1 aromatic carbocycles. The third-order valence-electron chi connectivity index (χ3n) is 3.34. The van der Waals surface area contributed by atoms with Gasteiger partial charge in [-0.2, -0.15) is 0 Å². The second kappa shape index (κ2) is 6.94. The molecule has 0 aliphatic heterocycles. The van der Waals surface area contributed by atoms with Crippen LogP contribution < -0.4 is 10.1 Å². The van der Waals surface area contributed by atoms with E-state index in [1.54, 1.807) is 0 Å². The van der Waals surface area contributed by atoms with E-state index in [0.29, 0.717) is 24.0 Å². The van der Waals surface area contributed by atoms with E-state index in [1.807, 2.05) is 18.2 Å². The molecule has 0 spiro atoms. The second-order valence-corrected chi connectivity index (χ2v) is 5.86. The van der Waals surface area contributed by atoms with E-state index in [0.717, 1.165) is 23.7 Å².